The molecule has 0 aliphatic carbocycles. The van der Waals surface area contributed by atoms with Crippen LogP contribution in [0.4, 0.5) is 0 Å². The number of aliphatic carboxylic acids is 1. The van der Waals surface area contributed by atoms with Crippen LogP contribution in [0.2, 0.25) is 0 Å². The molecule has 0 saturated carbocycles. The maximum atomic E-state index is 12.6. The molecule has 0 bridgehead atoms. The van der Waals surface area contributed by atoms with Gasteiger partial charge >= 0.3 is 17.9 Å². The van der Waals surface area contributed by atoms with Crippen molar-refractivity contribution in [1.82, 2.24) is 0 Å². The zero-order valence-corrected chi connectivity index (χ0v) is 32.1. The number of carboxylic acid groups (broad SMARTS) is 1. The number of carbonyl (C=O) groups is 3. The summed E-state index contributed by atoms with van der Waals surface area (Å²) in [6.45, 7) is 4.41. The fourth-order valence-corrected chi connectivity index (χ4v) is 4.94. The first-order chi connectivity index (χ1) is 24.1. The molecule has 0 aromatic rings. The number of likely N-dealkylation sites (N-methyl/N-ethyl adjacent to an activating group) is 1. The van der Waals surface area contributed by atoms with E-state index >= 15 is 0 Å². The molecule has 0 aliphatic rings. The van der Waals surface area contributed by atoms with Crippen LogP contribution in [0.15, 0.2) is 72.9 Å². The molecule has 0 spiro atoms. The third kappa shape index (κ3) is 30.8. The van der Waals surface area contributed by atoms with E-state index < -0.39 is 18.1 Å². The minimum Gasteiger partial charge on any atom is -0.477 e. The highest BCUT2D eigenvalue weighted by Crippen LogP contribution is 2.11. The third-order valence-electron chi connectivity index (χ3n) is 7.85. The summed E-state index contributed by atoms with van der Waals surface area (Å²) in [4.78, 5) is 36.8. The van der Waals surface area contributed by atoms with Crippen molar-refractivity contribution in [1.29, 1.82) is 0 Å². The smallest absolute Gasteiger partial charge is 0.362 e. The Balaban J connectivity index is 4.54. The molecule has 284 valence electrons. The van der Waals surface area contributed by atoms with Crippen molar-refractivity contribution in [3.8, 4) is 0 Å². The zero-order valence-electron chi connectivity index (χ0n) is 32.1. The predicted octanol–water partition coefficient (Wildman–Crippen LogP) is 9.63. The van der Waals surface area contributed by atoms with E-state index in [1.165, 1.54) is 0 Å². The Hall–Kier alpha value is -3.23. The molecule has 0 fully saturated rings. The second-order valence-corrected chi connectivity index (χ2v) is 13.4. The van der Waals surface area contributed by atoms with Gasteiger partial charge in [0.15, 0.2) is 12.1 Å². The standard InChI is InChI=1S/C42H69NO7/c1-6-8-10-12-14-16-18-20-22-24-26-28-30-32-40(44)49-37-38(36-48-35-34-39(42(46)47)43(3,4)5)50-41(45)33-31-29-27-25-23-21-19-17-15-13-11-9-7-2/h8-11,14-17,20-23,38-39H,6-7,12-13,18-19,24-37H2,1-5H3/p+1/b10-8-,11-9-,16-14-,17-15-,22-20-,23-21-. The highest BCUT2D eigenvalue weighted by atomic mass is 16.6. The number of esters is 2. The summed E-state index contributed by atoms with van der Waals surface area (Å²) in [5.74, 6) is -1.56. The van der Waals surface area contributed by atoms with Gasteiger partial charge in [0.2, 0.25) is 0 Å². The highest BCUT2D eigenvalue weighted by molar-refractivity contribution is 5.72. The Kier molecular flexibility index (Phi) is 30.8. The van der Waals surface area contributed by atoms with E-state index in [0.29, 0.717) is 12.8 Å². The molecule has 0 saturated heterocycles. The van der Waals surface area contributed by atoms with Gasteiger partial charge in [0.25, 0.3) is 0 Å². The minimum atomic E-state index is -0.889. The van der Waals surface area contributed by atoms with Crippen LogP contribution >= 0.6 is 0 Å². The summed E-state index contributed by atoms with van der Waals surface area (Å²) in [6.07, 6.45) is 39.5. The molecule has 50 heavy (non-hydrogen) atoms. The van der Waals surface area contributed by atoms with Crippen molar-refractivity contribution >= 4 is 17.9 Å². The predicted molar refractivity (Wildman–Crippen MR) is 206 cm³/mol. The lowest BCUT2D eigenvalue weighted by molar-refractivity contribution is -0.887. The normalized spacial score (nSPS) is 13.9. The van der Waals surface area contributed by atoms with E-state index in [2.05, 4.69) is 86.8 Å². The molecule has 0 heterocycles. The quantitative estimate of drug-likeness (QED) is 0.0323. The van der Waals surface area contributed by atoms with Crippen LogP contribution in [0, 0.1) is 0 Å². The van der Waals surface area contributed by atoms with Gasteiger partial charge in [-0.25, -0.2) is 4.79 Å². The van der Waals surface area contributed by atoms with Crippen molar-refractivity contribution in [2.75, 3.05) is 41.0 Å². The maximum Gasteiger partial charge on any atom is 0.362 e. The number of rotatable bonds is 32. The Morgan fingerprint density at radius 3 is 1.52 bits per heavy atom. The molecule has 0 aliphatic heterocycles. The Bertz CT molecular complexity index is 1050. The van der Waals surface area contributed by atoms with E-state index in [-0.39, 0.29) is 42.7 Å². The van der Waals surface area contributed by atoms with Gasteiger partial charge in [-0.05, 0) is 77.0 Å². The summed E-state index contributed by atoms with van der Waals surface area (Å²) >= 11 is 0. The van der Waals surface area contributed by atoms with Crippen LogP contribution in [0.5, 0.6) is 0 Å². The van der Waals surface area contributed by atoms with Gasteiger partial charge in [-0.1, -0.05) is 99.6 Å². The number of ether oxygens (including phenoxy) is 3. The molecule has 8 nitrogen and oxygen atoms in total. The van der Waals surface area contributed by atoms with E-state index in [1.807, 2.05) is 21.1 Å². The number of unbranched alkanes of at least 4 members (excludes halogenated alkanes) is 6. The van der Waals surface area contributed by atoms with Crippen LogP contribution < -0.4 is 0 Å². The van der Waals surface area contributed by atoms with E-state index in [0.717, 1.165) is 89.9 Å². The molecule has 8 heteroatoms. The monoisotopic (exact) mass is 701 g/mol. The molecule has 0 rings (SSSR count). The third-order valence-corrected chi connectivity index (χ3v) is 7.85. The number of hydrogen-bond donors (Lipinski definition) is 1. The number of carboxylic acids is 1. The van der Waals surface area contributed by atoms with Crippen LogP contribution in [0.3, 0.4) is 0 Å². The number of hydrogen-bond acceptors (Lipinski definition) is 6. The second kappa shape index (κ2) is 32.9. The van der Waals surface area contributed by atoms with Crippen LogP contribution in [0.1, 0.15) is 123 Å². The molecule has 0 aromatic heterocycles. The summed E-state index contributed by atoms with van der Waals surface area (Å²) in [5.41, 5.74) is 0. The summed E-state index contributed by atoms with van der Waals surface area (Å²) < 4.78 is 17.1. The molecular formula is C42H70NO7+. The van der Waals surface area contributed by atoms with Crippen molar-refractivity contribution in [3.05, 3.63) is 72.9 Å². The molecule has 2 unspecified atom stereocenters. The first-order valence-corrected chi connectivity index (χ1v) is 19.0. The highest BCUT2D eigenvalue weighted by Gasteiger charge is 2.31. The second-order valence-electron chi connectivity index (χ2n) is 13.4. The molecule has 0 radical (unpaired) electrons. The molecular weight excluding hydrogens is 630 g/mol. The van der Waals surface area contributed by atoms with Gasteiger partial charge in [0.1, 0.15) is 6.61 Å². The Labute approximate surface area is 304 Å². The van der Waals surface area contributed by atoms with Crippen LogP contribution in [-0.4, -0.2) is 80.6 Å². The summed E-state index contributed by atoms with van der Waals surface area (Å²) in [6, 6.07) is -0.626. The lowest BCUT2D eigenvalue weighted by Crippen LogP contribution is -2.50. The number of nitrogens with zero attached hydrogens (tertiary/aromatic N) is 1. The summed E-state index contributed by atoms with van der Waals surface area (Å²) in [5, 5.41) is 9.58. The van der Waals surface area contributed by atoms with Gasteiger partial charge in [-0.2, -0.15) is 0 Å². The molecule has 0 amide bonds. The van der Waals surface area contributed by atoms with Crippen molar-refractivity contribution in [2.24, 2.45) is 0 Å². The average Bonchev–Trinajstić information content (AvgIpc) is 3.06. The van der Waals surface area contributed by atoms with Crippen LogP contribution in [0.25, 0.3) is 0 Å². The zero-order chi connectivity index (χ0) is 37.1. The van der Waals surface area contributed by atoms with Crippen molar-refractivity contribution < 1.29 is 38.2 Å². The summed E-state index contributed by atoms with van der Waals surface area (Å²) in [7, 11) is 5.48. The fourth-order valence-electron chi connectivity index (χ4n) is 4.94. The first-order valence-electron chi connectivity index (χ1n) is 19.0. The number of quaternary nitrogens is 1. The van der Waals surface area contributed by atoms with Gasteiger partial charge in [-0.3, -0.25) is 9.59 Å². The van der Waals surface area contributed by atoms with E-state index in [9.17, 15) is 19.5 Å². The number of allylic oxidation sites excluding steroid dienone is 12. The molecule has 0 aromatic carbocycles. The van der Waals surface area contributed by atoms with Crippen molar-refractivity contribution in [3.63, 3.8) is 0 Å². The van der Waals surface area contributed by atoms with Crippen molar-refractivity contribution in [2.45, 2.75) is 135 Å². The largest absolute Gasteiger partial charge is 0.477 e. The fraction of sp³-hybridized carbons (Fsp3) is 0.643. The minimum absolute atomic E-state index is 0.0353. The lowest BCUT2D eigenvalue weighted by atomic mass is 10.1. The maximum absolute atomic E-state index is 12.6. The van der Waals surface area contributed by atoms with Gasteiger partial charge in [0, 0.05) is 19.3 Å². The van der Waals surface area contributed by atoms with Gasteiger partial charge in [-0.15, -0.1) is 0 Å². The Morgan fingerprint density at radius 2 is 1.06 bits per heavy atom. The lowest BCUT2D eigenvalue weighted by Gasteiger charge is -2.31. The molecule has 1 N–H and O–H groups in total. The van der Waals surface area contributed by atoms with Gasteiger partial charge in [0.05, 0.1) is 34.4 Å². The van der Waals surface area contributed by atoms with Crippen LogP contribution in [-0.2, 0) is 28.6 Å². The van der Waals surface area contributed by atoms with E-state index in [1.54, 1.807) is 0 Å². The molecule has 2 atom stereocenters. The number of carbonyl (C=O) groups excluding carboxylic acids is 2. The first kappa shape index (κ1) is 46.8. The topological polar surface area (TPSA) is 99.1 Å². The SMILES string of the molecule is CC/C=C\C/C=C\C/C=C\CCCCCC(=O)OCC(COCCC(C(=O)O)[N+](C)(C)C)OC(=O)CCCCC/C=C\C/C=C\C/C=C\CC. The average molecular weight is 701 g/mol. The van der Waals surface area contributed by atoms with Gasteiger partial charge < -0.3 is 23.8 Å². The van der Waals surface area contributed by atoms with E-state index in [4.69, 9.17) is 14.2 Å². The Morgan fingerprint density at radius 1 is 0.600 bits per heavy atom.